The fraction of sp³-hybridized carbons (Fsp3) is 0.500. The van der Waals surface area contributed by atoms with Crippen molar-refractivity contribution in [2.75, 3.05) is 7.05 Å². The molecule has 4 heteroatoms. The topological polar surface area (TPSA) is 57.2 Å². The molecule has 0 aliphatic carbocycles. The zero-order valence-corrected chi connectivity index (χ0v) is 9.86. The van der Waals surface area contributed by atoms with E-state index in [4.69, 9.17) is 9.68 Å². The van der Waals surface area contributed by atoms with Gasteiger partial charge in [-0.15, -0.1) is 0 Å². The Morgan fingerprint density at radius 1 is 1.62 bits per heavy atom. The molecule has 0 aliphatic heterocycles. The Labute approximate surface area is 95.5 Å². The lowest BCUT2D eigenvalue weighted by atomic mass is 10.2. The summed E-state index contributed by atoms with van der Waals surface area (Å²) in [5.74, 6) is 0.955. The molecule has 0 fully saturated rings. The van der Waals surface area contributed by atoms with E-state index in [2.05, 4.69) is 0 Å². The summed E-state index contributed by atoms with van der Waals surface area (Å²) >= 11 is 0. The predicted octanol–water partition coefficient (Wildman–Crippen LogP) is 2.22. The molecule has 16 heavy (non-hydrogen) atoms. The Morgan fingerprint density at radius 3 is 2.81 bits per heavy atom. The van der Waals surface area contributed by atoms with E-state index in [1.54, 1.807) is 19.2 Å². The summed E-state index contributed by atoms with van der Waals surface area (Å²) in [4.78, 5) is 13.4. The fourth-order valence-electron chi connectivity index (χ4n) is 1.33. The minimum absolute atomic E-state index is 0.104. The summed E-state index contributed by atoms with van der Waals surface area (Å²) in [5.41, 5.74) is 0. The Morgan fingerprint density at radius 2 is 2.31 bits per heavy atom. The number of hydrogen-bond donors (Lipinski definition) is 0. The van der Waals surface area contributed by atoms with Crippen molar-refractivity contribution in [2.45, 2.75) is 32.7 Å². The SMILES string of the molecule is CCc1ccc(C(=O)N(C)C(C)CC#N)o1. The van der Waals surface area contributed by atoms with Gasteiger partial charge in [-0.1, -0.05) is 6.92 Å². The minimum atomic E-state index is -0.178. The largest absolute Gasteiger partial charge is 0.456 e. The van der Waals surface area contributed by atoms with Crippen molar-refractivity contribution in [2.24, 2.45) is 0 Å². The van der Waals surface area contributed by atoms with Crippen LogP contribution >= 0.6 is 0 Å². The van der Waals surface area contributed by atoms with Gasteiger partial charge in [0.2, 0.25) is 0 Å². The van der Waals surface area contributed by atoms with Crippen molar-refractivity contribution in [3.8, 4) is 6.07 Å². The van der Waals surface area contributed by atoms with Gasteiger partial charge < -0.3 is 9.32 Å². The first-order chi connectivity index (χ1) is 7.60. The van der Waals surface area contributed by atoms with Crippen LogP contribution in [0.25, 0.3) is 0 Å². The van der Waals surface area contributed by atoms with Gasteiger partial charge in [-0.3, -0.25) is 4.79 Å². The quantitative estimate of drug-likeness (QED) is 0.781. The van der Waals surface area contributed by atoms with Crippen LogP contribution in [0.15, 0.2) is 16.5 Å². The molecule has 1 unspecified atom stereocenters. The molecule has 1 heterocycles. The van der Waals surface area contributed by atoms with Crippen molar-refractivity contribution >= 4 is 5.91 Å². The number of carbonyl (C=O) groups excluding carboxylic acids is 1. The maximum atomic E-state index is 11.9. The summed E-state index contributed by atoms with van der Waals surface area (Å²) in [6.45, 7) is 3.81. The zero-order chi connectivity index (χ0) is 12.1. The number of nitrogens with zero attached hydrogens (tertiary/aromatic N) is 2. The molecule has 1 aromatic rings. The number of rotatable bonds is 4. The van der Waals surface area contributed by atoms with Gasteiger partial charge in [-0.25, -0.2) is 0 Å². The van der Waals surface area contributed by atoms with E-state index in [-0.39, 0.29) is 11.9 Å². The molecule has 0 N–H and O–H groups in total. The van der Waals surface area contributed by atoms with E-state index in [9.17, 15) is 4.79 Å². The fourth-order valence-corrected chi connectivity index (χ4v) is 1.33. The van der Waals surface area contributed by atoms with Crippen LogP contribution in [0.4, 0.5) is 0 Å². The van der Waals surface area contributed by atoms with E-state index in [0.717, 1.165) is 12.2 Å². The Kier molecular flexibility index (Phi) is 4.12. The third kappa shape index (κ3) is 2.63. The van der Waals surface area contributed by atoms with E-state index < -0.39 is 0 Å². The molecule has 86 valence electrons. The normalized spacial score (nSPS) is 11.9. The third-order valence-electron chi connectivity index (χ3n) is 2.59. The van der Waals surface area contributed by atoms with Gasteiger partial charge in [0.15, 0.2) is 5.76 Å². The molecule has 0 saturated heterocycles. The van der Waals surface area contributed by atoms with Crippen LogP contribution in [-0.2, 0) is 6.42 Å². The van der Waals surface area contributed by atoms with Crippen molar-refractivity contribution in [1.29, 1.82) is 5.26 Å². The van der Waals surface area contributed by atoms with Crippen molar-refractivity contribution < 1.29 is 9.21 Å². The Bertz CT molecular complexity index is 403. The molecular weight excluding hydrogens is 204 g/mol. The second kappa shape index (κ2) is 5.36. The number of furan rings is 1. The molecule has 0 saturated carbocycles. The molecule has 1 rings (SSSR count). The van der Waals surface area contributed by atoms with E-state index >= 15 is 0 Å². The summed E-state index contributed by atoms with van der Waals surface area (Å²) in [6, 6.07) is 5.42. The van der Waals surface area contributed by atoms with Crippen LogP contribution < -0.4 is 0 Å². The predicted molar refractivity (Wildman–Crippen MR) is 59.9 cm³/mol. The van der Waals surface area contributed by atoms with Crippen LogP contribution in [0.1, 0.15) is 36.6 Å². The van der Waals surface area contributed by atoms with Crippen LogP contribution in [0.2, 0.25) is 0 Å². The standard InChI is InChI=1S/C12H16N2O2/c1-4-10-5-6-11(16-10)12(15)14(3)9(2)7-8-13/h5-6,9H,4,7H2,1-3H3. The Hall–Kier alpha value is -1.76. The van der Waals surface area contributed by atoms with E-state index in [1.807, 2.05) is 19.9 Å². The minimum Gasteiger partial charge on any atom is -0.456 e. The number of carbonyl (C=O) groups is 1. The van der Waals surface area contributed by atoms with Gasteiger partial charge in [-0.2, -0.15) is 5.26 Å². The first kappa shape index (κ1) is 12.3. The molecule has 0 bridgehead atoms. The van der Waals surface area contributed by atoms with Crippen LogP contribution in [0.5, 0.6) is 0 Å². The molecule has 0 aromatic carbocycles. The van der Waals surface area contributed by atoms with Gasteiger partial charge in [0.05, 0.1) is 12.5 Å². The molecule has 0 spiro atoms. The number of amides is 1. The van der Waals surface area contributed by atoms with Gasteiger partial charge in [0.25, 0.3) is 5.91 Å². The Balaban J connectivity index is 2.74. The summed E-state index contributed by atoms with van der Waals surface area (Å²) in [7, 11) is 1.68. The van der Waals surface area contributed by atoms with Gasteiger partial charge >= 0.3 is 0 Å². The van der Waals surface area contributed by atoms with Crippen LogP contribution in [-0.4, -0.2) is 23.9 Å². The lowest BCUT2D eigenvalue weighted by Gasteiger charge is -2.21. The van der Waals surface area contributed by atoms with Gasteiger partial charge in [0, 0.05) is 19.5 Å². The smallest absolute Gasteiger partial charge is 0.289 e. The summed E-state index contributed by atoms with van der Waals surface area (Å²) in [5, 5.41) is 8.57. The summed E-state index contributed by atoms with van der Waals surface area (Å²) < 4.78 is 5.37. The first-order valence-electron chi connectivity index (χ1n) is 5.33. The highest BCUT2D eigenvalue weighted by molar-refractivity contribution is 5.91. The van der Waals surface area contributed by atoms with Gasteiger partial charge in [0.1, 0.15) is 5.76 Å². The molecule has 0 radical (unpaired) electrons. The van der Waals surface area contributed by atoms with Crippen molar-refractivity contribution in [3.63, 3.8) is 0 Å². The number of hydrogen-bond acceptors (Lipinski definition) is 3. The molecule has 1 aromatic heterocycles. The molecule has 1 atom stereocenters. The highest BCUT2D eigenvalue weighted by atomic mass is 16.4. The summed E-state index contributed by atoms with van der Waals surface area (Å²) in [6.07, 6.45) is 1.09. The zero-order valence-electron chi connectivity index (χ0n) is 9.86. The number of nitriles is 1. The average molecular weight is 220 g/mol. The first-order valence-corrected chi connectivity index (χ1v) is 5.33. The molecule has 0 aliphatic rings. The average Bonchev–Trinajstić information content (AvgIpc) is 2.75. The highest BCUT2D eigenvalue weighted by Crippen LogP contribution is 2.12. The van der Waals surface area contributed by atoms with Crippen molar-refractivity contribution in [3.05, 3.63) is 23.7 Å². The maximum absolute atomic E-state index is 11.9. The second-order valence-corrected chi connectivity index (χ2v) is 3.75. The third-order valence-corrected chi connectivity index (χ3v) is 2.59. The maximum Gasteiger partial charge on any atom is 0.289 e. The van der Waals surface area contributed by atoms with Crippen molar-refractivity contribution in [1.82, 2.24) is 4.90 Å². The lowest BCUT2D eigenvalue weighted by Crippen LogP contribution is -2.34. The number of aryl methyl sites for hydroxylation is 1. The molecular formula is C12H16N2O2. The van der Waals surface area contributed by atoms with E-state index in [0.29, 0.717) is 12.2 Å². The van der Waals surface area contributed by atoms with Crippen LogP contribution in [0.3, 0.4) is 0 Å². The molecule has 1 amide bonds. The highest BCUT2D eigenvalue weighted by Gasteiger charge is 2.19. The van der Waals surface area contributed by atoms with Gasteiger partial charge in [-0.05, 0) is 19.1 Å². The second-order valence-electron chi connectivity index (χ2n) is 3.75. The molecule has 4 nitrogen and oxygen atoms in total. The monoisotopic (exact) mass is 220 g/mol. The van der Waals surface area contributed by atoms with E-state index in [1.165, 1.54) is 4.90 Å². The lowest BCUT2D eigenvalue weighted by molar-refractivity contribution is 0.0712. The van der Waals surface area contributed by atoms with Crippen LogP contribution in [0, 0.1) is 11.3 Å².